The van der Waals surface area contributed by atoms with Gasteiger partial charge in [-0.25, -0.2) is 4.98 Å². The van der Waals surface area contributed by atoms with E-state index in [0.717, 1.165) is 28.6 Å². The van der Waals surface area contributed by atoms with Gasteiger partial charge in [-0.1, -0.05) is 0 Å². The maximum Gasteiger partial charge on any atom is 0.131 e. The van der Waals surface area contributed by atoms with Crippen LogP contribution in [-0.2, 0) is 7.05 Å². The first kappa shape index (κ1) is 13.0. The number of hydrogen-bond acceptors (Lipinski definition) is 3. The highest BCUT2D eigenvalue weighted by atomic mass is 16.5. The van der Waals surface area contributed by atoms with E-state index in [1.807, 2.05) is 49.7 Å². The minimum Gasteiger partial charge on any atom is -0.491 e. The second-order valence-corrected chi connectivity index (χ2v) is 5.73. The van der Waals surface area contributed by atoms with Gasteiger partial charge in [-0.2, -0.15) is 0 Å². The highest BCUT2D eigenvalue weighted by molar-refractivity contribution is 5.71. The minimum absolute atomic E-state index is 0.183. The second-order valence-electron chi connectivity index (χ2n) is 5.73. The number of nitrogens with two attached hydrogens (primary N) is 1. The monoisotopic (exact) mass is 271 g/mol. The first-order valence-electron chi connectivity index (χ1n) is 7.15. The summed E-state index contributed by atoms with van der Waals surface area (Å²) in [4.78, 5) is 4.73. The zero-order valence-electron chi connectivity index (χ0n) is 12.3. The van der Waals surface area contributed by atoms with Crippen LogP contribution in [0.15, 0.2) is 24.3 Å². The summed E-state index contributed by atoms with van der Waals surface area (Å²) in [5.41, 5.74) is 8.11. The molecule has 1 saturated carbocycles. The fourth-order valence-electron chi connectivity index (χ4n) is 2.41. The largest absolute Gasteiger partial charge is 0.491 e. The van der Waals surface area contributed by atoms with E-state index in [-0.39, 0.29) is 6.10 Å². The van der Waals surface area contributed by atoms with E-state index in [2.05, 4.69) is 0 Å². The molecule has 4 heteroatoms. The van der Waals surface area contributed by atoms with Gasteiger partial charge < -0.3 is 15.0 Å². The van der Waals surface area contributed by atoms with Gasteiger partial charge in [0.1, 0.15) is 23.1 Å². The predicted molar refractivity (Wildman–Crippen MR) is 80.8 cm³/mol. The Kier molecular flexibility index (Phi) is 3.16. The lowest BCUT2D eigenvalue weighted by Crippen LogP contribution is -2.05. The Bertz CT molecular complexity index is 609. The number of hydrogen-bond donors (Lipinski definition) is 1. The van der Waals surface area contributed by atoms with Gasteiger partial charge in [-0.3, -0.25) is 0 Å². The molecule has 0 bridgehead atoms. The van der Waals surface area contributed by atoms with Crippen LogP contribution in [0.5, 0.6) is 5.75 Å². The number of anilines is 1. The van der Waals surface area contributed by atoms with Crippen molar-refractivity contribution in [1.82, 2.24) is 9.55 Å². The van der Waals surface area contributed by atoms with E-state index >= 15 is 0 Å². The molecule has 2 aromatic rings. The zero-order valence-corrected chi connectivity index (χ0v) is 12.3. The molecule has 20 heavy (non-hydrogen) atoms. The molecule has 0 aliphatic heterocycles. The number of benzene rings is 1. The van der Waals surface area contributed by atoms with Crippen molar-refractivity contribution in [1.29, 1.82) is 0 Å². The Morgan fingerprint density at radius 2 is 1.90 bits per heavy atom. The van der Waals surface area contributed by atoms with Gasteiger partial charge in [0.25, 0.3) is 0 Å². The van der Waals surface area contributed by atoms with Crippen LogP contribution in [-0.4, -0.2) is 15.7 Å². The van der Waals surface area contributed by atoms with Gasteiger partial charge in [0.05, 0.1) is 6.10 Å². The van der Waals surface area contributed by atoms with Crippen LogP contribution < -0.4 is 10.5 Å². The molecule has 0 saturated heterocycles. The molecular weight excluding hydrogens is 250 g/mol. The molecular formula is C16H21N3O. The summed E-state index contributed by atoms with van der Waals surface area (Å²) in [6.45, 7) is 4.04. The molecule has 1 aliphatic carbocycles. The quantitative estimate of drug-likeness (QED) is 0.928. The normalized spacial score (nSPS) is 14.8. The lowest BCUT2D eigenvalue weighted by atomic mass is 10.1. The molecule has 1 heterocycles. The van der Waals surface area contributed by atoms with Crippen LogP contribution in [0, 0.1) is 0 Å². The number of imidazole rings is 1. The number of rotatable bonds is 4. The lowest BCUT2D eigenvalue weighted by Gasteiger charge is -2.09. The maximum absolute atomic E-state index is 6.19. The number of nitrogens with zero attached hydrogens (tertiary/aromatic N) is 2. The van der Waals surface area contributed by atoms with E-state index in [9.17, 15) is 0 Å². The van der Waals surface area contributed by atoms with Gasteiger partial charge in [0.2, 0.25) is 0 Å². The summed E-state index contributed by atoms with van der Waals surface area (Å²) < 4.78 is 7.67. The average Bonchev–Trinajstić information content (AvgIpc) is 3.20. The van der Waals surface area contributed by atoms with E-state index in [0.29, 0.717) is 5.92 Å². The van der Waals surface area contributed by atoms with Gasteiger partial charge in [0.15, 0.2) is 0 Å². The molecule has 1 aromatic carbocycles. The van der Waals surface area contributed by atoms with Crippen LogP contribution in [0.3, 0.4) is 0 Å². The van der Waals surface area contributed by atoms with Crippen LogP contribution in [0.4, 0.5) is 5.82 Å². The first-order valence-corrected chi connectivity index (χ1v) is 7.15. The van der Waals surface area contributed by atoms with Crippen LogP contribution in [0.2, 0.25) is 0 Å². The molecule has 0 radical (unpaired) electrons. The van der Waals surface area contributed by atoms with Crippen LogP contribution in [0.1, 0.15) is 38.4 Å². The molecule has 0 unspecified atom stereocenters. The highest BCUT2D eigenvalue weighted by Crippen LogP contribution is 2.41. The minimum atomic E-state index is 0.183. The van der Waals surface area contributed by atoms with Crippen LogP contribution >= 0.6 is 0 Å². The molecule has 2 N–H and O–H groups in total. The molecule has 4 nitrogen and oxygen atoms in total. The van der Waals surface area contributed by atoms with Crippen molar-refractivity contribution in [3.05, 3.63) is 30.1 Å². The van der Waals surface area contributed by atoms with Crippen LogP contribution in [0.25, 0.3) is 11.3 Å². The third kappa shape index (κ3) is 2.38. The third-order valence-corrected chi connectivity index (χ3v) is 3.62. The summed E-state index contributed by atoms with van der Waals surface area (Å²) >= 11 is 0. The van der Waals surface area contributed by atoms with Crippen molar-refractivity contribution < 1.29 is 4.74 Å². The first-order chi connectivity index (χ1) is 9.56. The molecule has 0 atom stereocenters. The molecule has 1 aromatic heterocycles. The second kappa shape index (κ2) is 4.85. The van der Waals surface area contributed by atoms with E-state index in [1.54, 1.807) is 0 Å². The topological polar surface area (TPSA) is 53.1 Å². The summed E-state index contributed by atoms with van der Waals surface area (Å²) in [5, 5.41) is 0. The molecule has 1 fully saturated rings. The van der Waals surface area contributed by atoms with Crippen molar-refractivity contribution >= 4 is 5.82 Å². The van der Waals surface area contributed by atoms with E-state index < -0.39 is 0 Å². The fraction of sp³-hybridized carbons (Fsp3) is 0.438. The molecule has 0 spiro atoms. The Hall–Kier alpha value is -1.97. The van der Waals surface area contributed by atoms with Gasteiger partial charge in [0, 0.05) is 18.5 Å². The average molecular weight is 271 g/mol. The van der Waals surface area contributed by atoms with Crippen molar-refractivity contribution in [2.75, 3.05) is 5.73 Å². The lowest BCUT2D eigenvalue weighted by molar-refractivity contribution is 0.242. The SMILES string of the molecule is CC(C)Oc1ccc(-c2nc(C3CC3)n(C)c2N)cc1. The zero-order chi connectivity index (χ0) is 14.3. The number of aromatic nitrogens is 2. The summed E-state index contributed by atoms with van der Waals surface area (Å²) in [7, 11) is 2.00. The third-order valence-electron chi connectivity index (χ3n) is 3.62. The maximum atomic E-state index is 6.19. The Morgan fingerprint density at radius 3 is 2.45 bits per heavy atom. The Balaban J connectivity index is 1.90. The Labute approximate surface area is 119 Å². The van der Waals surface area contributed by atoms with Gasteiger partial charge >= 0.3 is 0 Å². The van der Waals surface area contributed by atoms with E-state index in [1.165, 1.54) is 12.8 Å². The van der Waals surface area contributed by atoms with Crippen molar-refractivity contribution in [2.24, 2.45) is 7.05 Å². The van der Waals surface area contributed by atoms with Gasteiger partial charge in [-0.05, 0) is 51.0 Å². The smallest absolute Gasteiger partial charge is 0.131 e. The Morgan fingerprint density at radius 1 is 1.25 bits per heavy atom. The summed E-state index contributed by atoms with van der Waals surface area (Å²) in [6.07, 6.45) is 2.64. The number of nitrogen functional groups attached to an aromatic ring is 1. The van der Waals surface area contributed by atoms with Crippen molar-refractivity contribution in [2.45, 2.75) is 38.7 Å². The van der Waals surface area contributed by atoms with Crippen molar-refractivity contribution in [3.63, 3.8) is 0 Å². The molecule has 106 valence electrons. The standard InChI is InChI=1S/C16H21N3O/c1-10(2)20-13-8-6-11(7-9-13)14-15(17)19(3)16(18-14)12-4-5-12/h6-10,12H,4-5,17H2,1-3H3. The van der Waals surface area contributed by atoms with E-state index in [4.69, 9.17) is 15.5 Å². The molecule has 0 amide bonds. The summed E-state index contributed by atoms with van der Waals surface area (Å²) in [6, 6.07) is 7.99. The fourth-order valence-corrected chi connectivity index (χ4v) is 2.41. The molecule has 3 rings (SSSR count). The van der Waals surface area contributed by atoms with Gasteiger partial charge in [-0.15, -0.1) is 0 Å². The van der Waals surface area contributed by atoms with Crippen molar-refractivity contribution in [3.8, 4) is 17.0 Å². The highest BCUT2D eigenvalue weighted by Gasteiger charge is 2.29. The number of ether oxygens (including phenoxy) is 1. The summed E-state index contributed by atoms with van der Waals surface area (Å²) in [5.74, 6) is 3.32. The predicted octanol–water partition coefficient (Wildman–Crippen LogP) is 3.33. The molecule has 1 aliphatic rings.